The third-order valence-corrected chi connectivity index (χ3v) is 2.48. The van der Waals surface area contributed by atoms with Gasteiger partial charge in [0.05, 0.1) is 0 Å². The highest BCUT2D eigenvalue weighted by molar-refractivity contribution is 7.80. The molecule has 0 nitrogen and oxygen atoms in total. The fourth-order valence-corrected chi connectivity index (χ4v) is 1.55. The van der Waals surface area contributed by atoms with E-state index in [-0.39, 0.29) is 0 Å². The molecular weight excluding hydrogens is 164 g/mol. The predicted molar refractivity (Wildman–Crippen MR) is 57.0 cm³/mol. The smallest absolute Gasteiger partial charge is 0.00401 e. The van der Waals surface area contributed by atoms with Crippen LogP contribution in [0.5, 0.6) is 0 Å². The first kappa shape index (κ1) is 9.66. The van der Waals surface area contributed by atoms with E-state index in [4.69, 9.17) is 0 Å². The van der Waals surface area contributed by atoms with Crippen molar-refractivity contribution in [2.75, 3.05) is 0 Å². The van der Waals surface area contributed by atoms with Gasteiger partial charge in [-0.25, -0.2) is 0 Å². The number of rotatable bonds is 3. The first-order valence-corrected chi connectivity index (χ1v) is 4.97. The van der Waals surface area contributed by atoms with E-state index in [1.807, 2.05) is 0 Å². The van der Waals surface area contributed by atoms with E-state index in [2.05, 4.69) is 50.7 Å². The second-order valence-electron chi connectivity index (χ2n) is 3.28. The molecule has 0 saturated carbocycles. The van der Waals surface area contributed by atoms with Gasteiger partial charge in [-0.15, -0.1) is 12.6 Å². The lowest BCUT2D eigenvalue weighted by molar-refractivity contribution is 0.664. The molecule has 0 spiro atoms. The van der Waals surface area contributed by atoms with Crippen molar-refractivity contribution in [2.24, 2.45) is 0 Å². The van der Waals surface area contributed by atoms with Gasteiger partial charge in [-0.1, -0.05) is 32.4 Å². The van der Waals surface area contributed by atoms with Crippen molar-refractivity contribution in [3.8, 4) is 0 Å². The van der Waals surface area contributed by atoms with Gasteiger partial charge in [0.25, 0.3) is 0 Å². The van der Waals surface area contributed by atoms with Crippen LogP contribution in [0.4, 0.5) is 0 Å². The minimum atomic E-state index is 0.684. The van der Waals surface area contributed by atoms with E-state index in [1.165, 1.54) is 18.4 Å². The van der Waals surface area contributed by atoms with Crippen molar-refractivity contribution < 1.29 is 0 Å². The zero-order valence-electron chi connectivity index (χ0n) is 7.75. The molecule has 0 bridgehead atoms. The van der Waals surface area contributed by atoms with Crippen molar-refractivity contribution in [3.63, 3.8) is 0 Å². The Kier molecular flexibility index (Phi) is 3.67. The summed E-state index contributed by atoms with van der Waals surface area (Å²) >= 11 is 4.25. The third kappa shape index (κ3) is 2.56. The summed E-state index contributed by atoms with van der Waals surface area (Å²) < 4.78 is 0. The van der Waals surface area contributed by atoms with Gasteiger partial charge in [-0.3, -0.25) is 0 Å². The highest BCUT2D eigenvalue weighted by Gasteiger charge is 2.02. The predicted octanol–water partition coefficient (Wildman–Crippen LogP) is 3.88. The number of thiol groups is 1. The first-order chi connectivity index (χ1) is 5.74. The second-order valence-corrected chi connectivity index (χ2v) is 3.80. The number of hydrogen-bond donors (Lipinski definition) is 1. The molecule has 0 aliphatic rings. The van der Waals surface area contributed by atoms with Crippen molar-refractivity contribution in [1.82, 2.24) is 0 Å². The van der Waals surface area contributed by atoms with Gasteiger partial charge in [0, 0.05) is 4.90 Å². The lowest BCUT2D eigenvalue weighted by Crippen LogP contribution is -1.91. The zero-order chi connectivity index (χ0) is 8.97. The van der Waals surface area contributed by atoms with Crippen LogP contribution < -0.4 is 0 Å². The van der Waals surface area contributed by atoms with E-state index < -0.39 is 0 Å². The summed E-state index contributed by atoms with van der Waals surface area (Å²) in [6.45, 7) is 4.50. The topological polar surface area (TPSA) is 0 Å². The monoisotopic (exact) mass is 180 g/mol. The SMILES string of the molecule is CCCC(C)c1ccc(S)cc1. The quantitative estimate of drug-likeness (QED) is 0.670. The second kappa shape index (κ2) is 4.56. The van der Waals surface area contributed by atoms with Gasteiger partial charge in [0.2, 0.25) is 0 Å². The summed E-state index contributed by atoms with van der Waals surface area (Å²) in [5, 5.41) is 0. The van der Waals surface area contributed by atoms with Gasteiger partial charge in [0.15, 0.2) is 0 Å². The fraction of sp³-hybridized carbons (Fsp3) is 0.455. The molecule has 1 aromatic rings. The number of hydrogen-bond acceptors (Lipinski definition) is 1. The first-order valence-electron chi connectivity index (χ1n) is 4.53. The van der Waals surface area contributed by atoms with Crippen molar-refractivity contribution >= 4 is 12.6 Å². The van der Waals surface area contributed by atoms with Crippen molar-refractivity contribution in [1.29, 1.82) is 0 Å². The van der Waals surface area contributed by atoms with Crippen LogP contribution in [0, 0.1) is 0 Å². The van der Waals surface area contributed by atoms with Gasteiger partial charge in [-0.05, 0) is 30.0 Å². The average Bonchev–Trinajstić information content (AvgIpc) is 2.06. The van der Waals surface area contributed by atoms with E-state index in [9.17, 15) is 0 Å². The average molecular weight is 180 g/mol. The molecule has 1 aromatic carbocycles. The summed E-state index contributed by atoms with van der Waals surface area (Å²) in [4.78, 5) is 1.04. The van der Waals surface area contributed by atoms with E-state index in [1.54, 1.807) is 0 Å². The maximum atomic E-state index is 4.25. The van der Waals surface area contributed by atoms with Crippen molar-refractivity contribution in [3.05, 3.63) is 29.8 Å². The van der Waals surface area contributed by atoms with Crippen LogP contribution in [-0.4, -0.2) is 0 Å². The minimum absolute atomic E-state index is 0.684. The minimum Gasteiger partial charge on any atom is -0.143 e. The van der Waals surface area contributed by atoms with Gasteiger partial charge >= 0.3 is 0 Å². The summed E-state index contributed by atoms with van der Waals surface area (Å²) in [6.07, 6.45) is 2.52. The maximum Gasteiger partial charge on any atom is 0.00401 e. The van der Waals surface area contributed by atoms with Gasteiger partial charge in [-0.2, -0.15) is 0 Å². The maximum absolute atomic E-state index is 4.25. The Balaban J connectivity index is 2.68. The highest BCUT2D eigenvalue weighted by Crippen LogP contribution is 2.21. The van der Waals surface area contributed by atoms with E-state index >= 15 is 0 Å². The Bertz CT molecular complexity index is 225. The molecule has 0 amide bonds. The molecule has 0 aromatic heterocycles. The summed E-state index contributed by atoms with van der Waals surface area (Å²) in [5.74, 6) is 0.684. The highest BCUT2D eigenvalue weighted by atomic mass is 32.1. The Hall–Kier alpha value is -0.430. The van der Waals surface area contributed by atoms with Crippen LogP contribution in [0.3, 0.4) is 0 Å². The Morgan fingerprint density at radius 1 is 1.25 bits per heavy atom. The van der Waals surface area contributed by atoms with Crippen LogP contribution in [0.25, 0.3) is 0 Å². The molecule has 0 aliphatic carbocycles. The largest absolute Gasteiger partial charge is 0.143 e. The Morgan fingerprint density at radius 3 is 2.33 bits per heavy atom. The van der Waals surface area contributed by atoms with E-state index in [0.29, 0.717) is 5.92 Å². The molecule has 0 saturated heterocycles. The molecule has 1 rings (SSSR count). The molecule has 12 heavy (non-hydrogen) atoms. The van der Waals surface area contributed by atoms with Crippen LogP contribution in [0.1, 0.15) is 38.2 Å². The summed E-state index contributed by atoms with van der Waals surface area (Å²) in [7, 11) is 0. The zero-order valence-corrected chi connectivity index (χ0v) is 8.64. The molecular formula is C11H16S. The molecule has 1 atom stereocenters. The third-order valence-electron chi connectivity index (χ3n) is 2.18. The Labute approximate surface area is 80.4 Å². The summed E-state index contributed by atoms with van der Waals surface area (Å²) in [5.41, 5.74) is 1.43. The Morgan fingerprint density at radius 2 is 1.83 bits per heavy atom. The van der Waals surface area contributed by atoms with Crippen LogP contribution in [-0.2, 0) is 0 Å². The normalized spacial score (nSPS) is 12.9. The standard InChI is InChI=1S/C11H16S/c1-3-4-9(2)10-5-7-11(12)8-6-10/h5-9,12H,3-4H2,1-2H3. The van der Waals surface area contributed by atoms with Crippen LogP contribution in [0.15, 0.2) is 29.2 Å². The molecule has 0 radical (unpaired) electrons. The summed E-state index contributed by atoms with van der Waals surface area (Å²) in [6, 6.07) is 8.46. The molecule has 1 unspecified atom stereocenters. The fourth-order valence-electron chi connectivity index (χ4n) is 1.40. The number of benzene rings is 1. The lowest BCUT2D eigenvalue weighted by atomic mass is 9.97. The van der Waals surface area contributed by atoms with Crippen molar-refractivity contribution in [2.45, 2.75) is 37.5 Å². The van der Waals surface area contributed by atoms with E-state index in [0.717, 1.165) is 4.90 Å². The molecule has 0 heterocycles. The molecule has 66 valence electrons. The van der Waals surface area contributed by atoms with Crippen LogP contribution >= 0.6 is 12.6 Å². The molecule has 0 N–H and O–H groups in total. The van der Waals surface area contributed by atoms with Gasteiger partial charge in [0.1, 0.15) is 0 Å². The lowest BCUT2D eigenvalue weighted by Gasteiger charge is -2.09. The molecule has 1 heteroatoms. The molecule has 0 fully saturated rings. The van der Waals surface area contributed by atoms with Gasteiger partial charge < -0.3 is 0 Å². The van der Waals surface area contributed by atoms with Crippen LogP contribution in [0.2, 0.25) is 0 Å². The molecule has 0 aliphatic heterocycles.